The molecule has 2 N–H and O–H groups in total. The normalized spacial score (nSPS) is 14.2. The Morgan fingerprint density at radius 2 is 1.94 bits per heavy atom. The van der Waals surface area contributed by atoms with Gasteiger partial charge in [-0.2, -0.15) is 10.4 Å². The molecule has 3 aromatic heterocycles. The lowest BCUT2D eigenvalue weighted by Gasteiger charge is -2.26. The number of likely N-dealkylation sites (tertiary alicyclic amines) is 1. The van der Waals surface area contributed by atoms with Gasteiger partial charge in [-0.25, -0.2) is 4.98 Å². The molecule has 8 nitrogen and oxygen atoms in total. The molecule has 1 saturated heterocycles. The molecule has 0 spiro atoms. The number of aromatic amines is 1. The first kappa shape index (κ1) is 20.8. The molecule has 8 heteroatoms. The Balaban J connectivity index is 1.39. The smallest absolute Gasteiger partial charge is 0.276 e. The minimum absolute atomic E-state index is 0.291. The van der Waals surface area contributed by atoms with Crippen molar-refractivity contribution in [3.05, 3.63) is 71.9 Å². The van der Waals surface area contributed by atoms with Crippen LogP contribution in [-0.2, 0) is 6.54 Å². The summed E-state index contributed by atoms with van der Waals surface area (Å²) in [5, 5.41) is 19.5. The maximum absolute atomic E-state index is 12.9. The summed E-state index contributed by atoms with van der Waals surface area (Å²) < 4.78 is 0. The minimum Gasteiger partial charge on any atom is -0.319 e. The summed E-state index contributed by atoms with van der Waals surface area (Å²) in [6.07, 6.45) is 9.07. The Bertz CT molecular complexity index is 1330. The van der Waals surface area contributed by atoms with E-state index in [0.717, 1.165) is 41.7 Å². The zero-order valence-electron chi connectivity index (χ0n) is 18.1. The van der Waals surface area contributed by atoms with Gasteiger partial charge in [-0.3, -0.25) is 19.8 Å². The number of amides is 1. The zero-order valence-corrected chi connectivity index (χ0v) is 18.1. The Morgan fingerprint density at radius 3 is 2.73 bits per heavy atom. The Labute approximate surface area is 191 Å². The second kappa shape index (κ2) is 9.18. The van der Waals surface area contributed by atoms with Crippen molar-refractivity contribution in [1.29, 1.82) is 5.26 Å². The Morgan fingerprint density at radius 1 is 1.06 bits per heavy atom. The third-order valence-electron chi connectivity index (χ3n) is 5.90. The molecular formula is C25H23N7O. The van der Waals surface area contributed by atoms with Crippen molar-refractivity contribution in [1.82, 2.24) is 25.1 Å². The summed E-state index contributed by atoms with van der Waals surface area (Å²) >= 11 is 0. The number of benzene rings is 1. The van der Waals surface area contributed by atoms with E-state index in [-0.39, 0.29) is 5.91 Å². The second-order valence-corrected chi connectivity index (χ2v) is 8.25. The highest BCUT2D eigenvalue weighted by molar-refractivity contribution is 6.11. The van der Waals surface area contributed by atoms with Gasteiger partial charge in [-0.15, -0.1) is 0 Å². The van der Waals surface area contributed by atoms with E-state index < -0.39 is 0 Å². The van der Waals surface area contributed by atoms with Gasteiger partial charge in [0, 0.05) is 29.9 Å². The molecule has 0 unspecified atom stereocenters. The predicted molar refractivity (Wildman–Crippen MR) is 125 cm³/mol. The van der Waals surface area contributed by atoms with Crippen LogP contribution in [0.5, 0.6) is 0 Å². The lowest BCUT2D eigenvalue weighted by Crippen LogP contribution is -2.29. The molecule has 1 aliphatic rings. The molecule has 5 rings (SSSR count). The van der Waals surface area contributed by atoms with E-state index in [4.69, 9.17) is 5.26 Å². The molecule has 1 amide bonds. The SMILES string of the molecule is N#Cc1ccc(NC(=O)c2n[nH]c3ccc(-c4cncc(CN5CCCCC5)c4)cc23)cn1. The fourth-order valence-corrected chi connectivity index (χ4v) is 4.20. The van der Waals surface area contributed by atoms with Crippen LogP contribution in [0.1, 0.15) is 41.0 Å². The average molecular weight is 438 g/mol. The largest absolute Gasteiger partial charge is 0.319 e. The van der Waals surface area contributed by atoms with Crippen LogP contribution in [0.3, 0.4) is 0 Å². The quantitative estimate of drug-likeness (QED) is 0.486. The first-order valence-corrected chi connectivity index (χ1v) is 11.0. The lowest BCUT2D eigenvalue weighted by atomic mass is 10.0. The summed E-state index contributed by atoms with van der Waals surface area (Å²) in [7, 11) is 0. The van der Waals surface area contributed by atoms with Crippen LogP contribution in [0, 0.1) is 11.3 Å². The van der Waals surface area contributed by atoms with Crippen LogP contribution in [0.4, 0.5) is 5.69 Å². The van der Waals surface area contributed by atoms with Crippen molar-refractivity contribution in [3.63, 3.8) is 0 Å². The summed E-state index contributed by atoms with van der Waals surface area (Å²) in [6, 6.07) is 13.2. The number of nitrogens with one attached hydrogen (secondary N) is 2. The monoisotopic (exact) mass is 437 g/mol. The van der Waals surface area contributed by atoms with E-state index >= 15 is 0 Å². The van der Waals surface area contributed by atoms with Gasteiger partial charge >= 0.3 is 0 Å². The highest BCUT2D eigenvalue weighted by Gasteiger charge is 2.16. The van der Waals surface area contributed by atoms with Crippen LogP contribution >= 0.6 is 0 Å². The van der Waals surface area contributed by atoms with Crippen LogP contribution < -0.4 is 5.32 Å². The van der Waals surface area contributed by atoms with Gasteiger partial charge in [0.25, 0.3) is 5.91 Å². The van der Waals surface area contributed by atoms with Crippen molar-refractivity contribution in [2.45, 2.75) is 25.8 Å². The fraction of sp³-hybridized carbons (Fsp3) is 0.240. The molecule has 0 bridgehead atoms. The van der Waals surface area contributed by atoms with E-state index in [1.165, 1.54) is 31.0 Å². The second-order valence-electron chi connectivity index (χ2n) is 8.25. The van der Waals surface area contributed by atoms with Gasteiger partial charge < -0.3 is 5.32 Å². The summed E-state index contributed by atoms with van der Waals surface area (Å²) in [6.45, 7) is 3.18. The van der Waals surface area contributed by atoms with E-state index in [1.54, 1.807) is 12.1 Å². The number of aromatic nitrogens is 4. The summed E-state index contributed by atoms with van der Waals surface area (Å²) in [4.78, 5) is 23.8. The van der Waals surface area contributed by atoms with E-state index in [9.17, 15) is 4.79 Å². The number of pyridine rings is 2. The van der Waals surface area contributed by atoms with Gasteiger partial charge in [0.05, 0.1) is 17.4 Å². The number of rotatable bonds is 5. The Hall–Kier alpha value is -4.09. The maximum atomic E-state index is 12.9. The number of anilines is 1. The number of carbonyl (C=O) groups excluding carboxylic acids is 1. The number of fused-ring (bicyclic) bond motifs is 1. The zero-order chi connectivity index (χ0) is 22.6. The number of hydrogen-bond acceptors (Lipinski definition) is 6. The van der Waals surface area contributed by atoms with Gasteiger partial charge in [-0.05, 0) is 67.4 Å². The third kappa shape index (κ3) is 4.59. The van der Waals surface area contributed by atoms with Crippen molar-refractivity contribution in [2.24, 2.45) is 0 Å². The summed E-state index contributed by atoms with van der Waals surface area (Å²) in [5.41, 5.74) is 5.04. The number of nitriles is 1. The first-order valence-electron chi connectivity index (χ1n) is 11.0. The van der Waals surface area contributed by atoms with E-state index in [1.807, 2.05) is 36.7 Å². The molecule has 0 radical (unpaired) electrons. The molecule has 4 aromatic rings. The molecule has 0 aliphatic carbocycles. The maximum Gasteiger partial charge on any atom is 0.276 e. The molecule has 0 saturated carbocycles. The molecule has 1 aliphatic heterocycles. The van der Waals surface area contributed by atoms with Gasteiger partial charge in [0.15, 0.2) is 5.69 Å². The molecule has 1 fully saturated rings. The van der Waals surface area contributed by atoms with Crippen LogP contribution in [0.2, 0.25) is 0 Å². The van der Waals surface area contributed by atoms with Crippen LogP contribution in [-0.4, -0.2) is 44.1 Å². The fourth-order valence-electron chi connectivity index (χ4n) is 4.20. The van der Waals surface area contributed by atoms with Crippen LogP contribution in [0.15, 0.2) is 55.0 Å². The number of carbonyl (C=O) groups is 1. The standard InChI is InChI=1S/C25H23N7O/c26-12-20-5-6-21(15-28-20)29-25(33)24-22-11-18(4-7-23(22)30-31-24)19-10-17(13-27-14-19)16-32-8-2-1-3-9-32/h4-7,10-11,13-15H,1-3,8-9,16H2,(H,29,33)(H,30,31). The van der Waals surface area contributed by atoms with Crippen molar-refractivity contribution >= 4 is 22.5 Å². The number of hydrogen-bond donors (Lipinski definition) is 2. The predicted octanol–water partition coefficient (Wildman–Crippen LogP) is 4.13. The highest BCUT2D eigenvalue weighted by atomic mass is 16.1. The van der Waals surface area contributed by atoms with E-state index in [0.29, 0.717) is 17.1 Å². The number of H-pyrrole nitrogens is 1. The topological polar surface area (TPSA) is 111 Å². The molecule has 164 valence electrons. The minimum atomic E-state index is -0.345. The third-order valence-corrected chi connectivity index (χ3v) is 5.90. The molecule has 4 heterocycles. The van der Waals surface area contributed by atoms with Crippen molar-refractivity contribution in [3.8, 4) is 17.2 Å². The van der Waals surface area contributed by atoms with Gasteiger partial charge in [0.2, 0.25) is 0 Å². The Kier molecular flexibility index (Phi) is 5.79. The summed E-state index contributed by atoms with van der Waals surface area (Å²) in [5.74, 6) is -0.345. The molecule has 0 atom stereocenters. The molecule has 33 heavy (non-hydrogen) atoms. The average Bonchev–Trinajstić information content (AvgIpc) is 3.29. The first-order chi connectivity index (χ1) is 16.2. The molecular weight excluding hydrogens is 414 g/mol. The molecule has 1 aromatic carbocycles. The van der Waals surface area contributed by atoms with E-state index in [2.05, 4.69) is 36.4 Å². The number of piperidine rings is 1. The number of nitrogens with zero attached hydrogens (tertiary/aromatic N) is 5. The lowest BCUT2D eigenvalue weighted by molar-refractivity contribution is 0.102. The van der Waals surface area contributed by atoms with Crippen molar-refractivity contribution < 1.29 is 4.79 Å². The van der Waals surface area contributed by atoms with Crippen molar-refractivity contribution in [2.75, 3.05) is 18.4 Å². The van der Waals surface area contributed by atoms with Crippen LogP contribution in [0.25, 0.3) is 22.0 Å². The van der Waals surface area contributed by atoms with Gasteiger partial charge in [-0.1, -0.05) is 12.5 Å². The van der Waals surface area contributed by atoms with Gasteiger partial charge in [0.1, 0.15) is 11.8 Å². The highest BCUT2D eigenvalue weighted by Crippen LogP contribution is 2.26.